The zero-order chi connectivity index (χ0) is 17.7. The van der Waals surface area contributed by atoms with Crippen LogP contribution in [0.2, 0.25) is 10.0 Å². The molecule has 0 spiro atoms. The number of aromatic nitrogens is 2. The lowest BCUT2D eigenvalue weighted by atomic mass is 10.1. The molecule has 0 aliphatic rings. The summed E-state index contributed by atoms with van der Waals surface area (Å²) in [6.45, 7) is 2.04. The van der Waals surface area contributed by atoms with Crippen LogP contribution < -0.4 is 0 Å². The fourth-order valence-corrected chi connectivity index (χ4v) is 2.31. The largest absolute Gasteiger partial charge is 0.462 e. The summed E-state index contributed by atoms with van der Waals surface area (Å²) in [5.41, 5.74) is 2.23. The molecule has 0 bridgehead atoms. The number of hydrogen-bond donors (Lipinski definition) is 0. The lowest BCUT2D eigenvalue weighted by Gasteiger charge is -2.11. The Morgan fingerprint density at radius 3 is 2.58 bits per heavy atom. The predicted molar refractivity (Wildman–Crippen MR) is 95.8 cm³/mol. The summed E-state index contributed by atoms with van der Waals surface area (Å²) in [6, 6.07) is 6.93. The third-order valence-corrected chi connectivity index (χ3v) is 3.78. The minimum atomic E-state index is -0.440. The zero-order valence-electron chi connectivity index (χ0n) is 13.6. The summed E-state index contributed by atoms with van der Waals surface area (Å²) in [6.07, 6.45) is 3.06. The Morgan fingerprint density at radius 2 is 1.96 bits per heavy atom. The van der Waals surface area contributed by atoms with Crippen LogP contribution in [0.15, 0.2) is 36.8 Å². The molecule has 126 valence electrons. The van der Waals surface area contributed by atoms with E-state index in [1.807, 2.05) is 14.1 Å². The number of esters is 1. The van der Waals surface area contributed by atoms with E-state index in [0.29, 0.717) is 27.0 Å². The standard InChI is InChI=1S/C17H17Cl2N3O2/c1-4-24-17(23)12(9-22(2)3)16-8-15(20-10-21-16)11-5-6-13(18)14(19)7-11/h5-10H,4H2,1-3H3/b12-9-. The molecular formula is C17H17Cl2N3O2. The Morgan fingerprint density at radius 1 is 1.21 bits per heavy atom. The van der Waals surface area contributed by atoms with Gasteiger partial charge < -0.3 is 9.64 Å². The first-order chi connectivity index (χ1) is 11.4. The number of rotatable bonds is 5. The van der Waals surface area contributed by atoms with Gasteiger partial charge in [-0.25, -0.2) is 14.8 Å². The maximum absolute atomic E-state index is 12.2. The van der Waals surface area contributed by atoms with E-state index >= 15 is 0 Å². The van der Waals surface area contributed by atoms with Crippen LogP contribution in [0.1, 0.15) is 12.6 Å². The maximum Gasteiger partial charge on any atom is 0.341 e. The molecule has 7 heteroatoms. The molecule has 1 heterocycles. The van der Waals surface area contributed by atoms with Gasteiger partial charge in [-0.2, -0.15) is 0 Å². The van der Waals surface area contributed by atoms with Crippen LogP contribution in [0, 0.1) is 0 Å². The van der Waals surface area contributed by atoms with Gasteiger partial charge in [0.05, 0.1) is 28.0 Å². The van der Waals surface area contributed by atoms with Crippen molar-refractivity contribution in [1.29, 1.82) is 0 Å². The third kappa shape index (κ3) is 4.46. The van der Waals surface area contributed by atoms with E-state index in [1.54, 1.807) is 42.3 Å². The molecule has 2 rings (SSSR count). The molecule has 0 N–H and O–H groups in total. The Kier molecular flexibility index (Phi) is 6.17. The average Bonchev–Trinajstić information content (AvgIpc) is 2.55. The van der Waals surface area contributed by atoms with Crippen molar-refractivity contribution in [2.45, 2.75) is 6.92 Å². The summed E-state index contributed by atoms with van der Waals surface area (Å²) >= 11 is 12.0. The highest BCUT2D eigenvalue weighted by Gasteiger charge is 2.16. The topological polar surface area (TPSA) is 55.3 Å². The van der Waals surface area contributed by atoms with Gasteiger partial charge in [-0.3, -0.25) is 0 Å². The van der Waals surface area contributed by atoms with Gasteiger partial charge in [0.25, 0.3) is 0 Å². The quantitative estimate of drug-likeness (QED) is 0.593. The minimum Gasteiger partial charge on any atom is -0.462 e. The van der Waals surface area contributed by atoms with Crippen molar-refractivity contribution >= 4 is 34.7 Å². The monoisotopic (exact) mass is 365 g/mol. The SMILES string of the molecule is CCOC(=O)/C(=C\N(C)C)c1cc(-c2ccc(Cl)c(Cl)c2)ncn1. The van der Waals surface area contributed by atoms with Crippen LogP contribution in [0.5, 0.6) is 0 Å². The molecular weight excluding hydrogens is 349 g/mol. The molecule has 0 radical (unpaired) electrons. The van der Waals surface area contributed by atoms with Gasteiger partial charge in [-0.15, -0.1) is 0 Å². The molecule has 0 amide bonds. The van der Waals surface area contributed by atoms with Gasteiger partial charge in [0.15, 0.2) is 0 Å². The molecule has 0 fully saturated rings. The molecule has 1 aromatic heterocycles. The second kappa shape index (κ2) is 8.13. The minimum absolute atomic E-state index is 0.286. The third-order valence-electron chi connectivity index (χ3n) is 3.04. The molecule has 1 aromatic carbocycles. The predicted octanol–water partition coefficient (Wildman–Crippen LogP) is 3.92. The van der Waals surface area contributed by atoms with E-state index in [9.17, 15) is 4.79 Å². The van der Waals surface area contributed by atoms with E-state index in [-0.39, 0.29) is 6.61 Å². The van der Waals surface area contributed by atoms with E-state index in [4.69, 9.17) is 27.9 Å². The van der Waals surface area contributed by atoms with Gasteiger partial charge in [0.2, 0.25) is 0 Å². The van der Waals surface area contributed by atoms with Crippen LogP contribution in [-0.4, -0.2) is 41.5 Å². The number of benzene rings is 1. The highest BCUT2D eigenvalue weighted by Crippen LogP contribution is 2.28. The van der Waals surface area contributed by atoms with E-state index in [2.05, 4.69) is 9.97 Å². The molecule has 5 nitrogen and oxygen atoms in total. The second-order valence-electron chi connectivity index (χ2n) is 5.14. The smallest absolute Gasteiger partial charge is 0.341 e. The van der Waals surface area contributed by atoms with Crippen LogP contribution in [0.25, 0.3) is 16.8 Å². The van der Waals surface area contributed by atoms with Crippen LogP contribution in [0.4, 0.5) is 0 Å². The molecule has 0 aliphatic carbocycles. The molecule has 0 saturated heterocycles. The molecule has 0 saturated carbocycles. The summed E-state index contributed by atoms with van der Waals surface area (Å²) in [5, 5.41) is 0.901. The number of carbonyl (C=O) groups is 1. The normalized spacial score (nSPS) is 11.3. The van der Waals surface area contributed by atoms with Crippen LogP contribution >= 0.6 is 23.2 Å². The van der Waals surface area contributed by atoms with E-state index in [0.717, 1.165) is 5.56 Å². The Hall–Kier alpha value is -2.11. The van der Waals surface area contributed by atoms with E-state index < -0.39 is 5.97 Å². The number of carbonyl (C=O) groups excluding carboxylic acids is 1. The zero-order valence-corrected chi connectivity index (χ0v) is 15.1. The number of nitrogens with zero attached hydrogens (tertiary/aromatic N) is 3. The van der Waals surface area contributed by atoms with Gasteiger partial charge in [-0.05, 0) is 25.1 Å². The lowest BCUT2D eigenvalue weighted by molar-refractivity contribution is -0.136. The fourth-order valence-electron chi connectivity index (χ4n) is 2.01. The van der Waals surface area contributed by atoms with Crippen molar-refractivity contribution in [3.63, 3.8) is 0 Å². The van der Waals surface area contributed by atoms with Crippen molar-refractivity contribution in [2.24, 2.45) is 0 Å². The van der Waals surface area contributed by atoms with Crippen molar-refractivity contribution < 1.29 is 9.53 Å². The Labute approximate surface area is 150 Å². The molecule has 24 heavy (non-hydrogen) atoms. The Balaban J connectivity index is 2.47. The molecule has 0 unspecified atom stereocenters. The summed E-state index contributed by atoms with van der Waals surface area (Å²) in [4.78, 5) is 22.4. The van der Waals surface area contributed by atoms with Crippen molar-refractivity contribution in [3.8, 4) is 11.3 Å². The first kappa shape index (κ1) is 18.2. The summed E-state index contributed by atoms with van der Waals surface area (Å²) < 4.78 is 5.11. The average molecular weight is 366 g/mol. The first-order valence-corrected chi connectivity index (χ1v) is 8.01. The van der Waals surface area contributed by atoms with Gasteiger partial charge in [-0.1, -0.05) is 29.3 Å². The highest BCUT2D eigenvalue weighted by atomic mass is 35.5. The van der Waals surface area contributed by atoms with Crippen molar-refractivity contribution in [1.82, 2.24) is 14.9 Å². The van der Waals surface area contributed by atoms with Crippen molar-refractivity contribution in [3.05, 3.63) is 52.5 Å². The van der Waals surface area contributed by atoms with Crippen molar-refractivity contribution in [2.75, 3.05) is 20.7 Å². The summed E-state index contributed by atoms with van der Waals surface area (Å²) in [7, 11) is 3.64. The fraction of sp³-hybridized carbons (Fsp3) is 0.235. The Bertz CT molecular complexity index is 776. The number of halogens is 2. The van der Waals surface area contributed by atoms with Gasteiger partial charge in [0.1, 0.15) is 11.9 Å². The maximum atomic E-state index is 12.2. The molecule has 2 aromatic rings. The summed E-state index contributed by atoms with van der Waals surface area (Å²) in [5.74, 6) is -0.440. The molecule has 0 aliphatic heterocycles. The van der Waals surface area contributed by atoms with Crippen LogP contribution in [0.3, 0.4) is 0 Å². The number of hydrogen-bond acceptors (Lipinski definition) is 5. The van der Waals surface area contributed by atoms with Crippen LogP contribution in [-0.2, 0) is 9.53 Å². The highest BCUT2D eigenvalue weighted by molar-refractivity contribution is 6.42. The second-order valence-corrected chi connectivity index (χ2v) is 5.96. The van der Waals surface area contributed by atoms with E-state index in [1.165, 1.54) is 6.33 Å². The van der Waals surface area contributed by atoms with Gasteiger partial charge in [0, 0.05) is 25.9 Å². The van der Waals surface area contributed by atoms with Gasteiger partial charge >= 0.3 is 5.97 Å². The number of ether oxygens (including phenoxy) is 1. The lowest BCUT2D eigenvalue weighted by Crippen LogP contribution is -2.12. The molecule has 0 atom stereocenters. The first-order valence-electron chi connectivity index (χ1n) is 7.25.